The highest BCUT2D eigenvalue weighted by molar-refractivity contribution is 5.96. The number of carbonyl (C=O) groups is 1. The number of carbonyl (C=O) groups excluding carboxylic acids is 1. The first-order chi connectivity index (χ1) is 14.5. The number of hydrogen-bond donors (Lipinski definition) is 3. The smallest absolute Gasteiger partial charge is 0.271 e. The average molecular weight is 417 g/mol. The van der Waals surface area contributed by atoms with E-state index in [1.165, 1.54) is 12.4 Å². The Labute approximate surface area is 175 Å². The van der Waals surface area contributed by atoms with Gasteiger partial charge in [-0.05, 0) is 39.8 Å². The van der Waals surface area contributed by atoms with Crippen molar-refractivity contribution >= 4 is 12.1 Å². The molecule has 0 aliphatic heterocycles. The Morgan fingerprint density at radius 1 is 1.13 bits per heavy atom. The van der Waals surface area contributed by atoms with Crippen LogP contribution in [0.5, 0.6) is 23.0 Å². The zero-order valence-electron chi connectivity index (χ0n) is 17.6. The van der Waals surface area contributed by atoms with Gasteiger partial charge in [-0.3, -0.25) is 9.78 Å². The lowest BCUT2D eigenvalue weighted by atomic mass is 10.1. The third-order valence-electron chi connectivity index (χ3n) is 4.06. The molecule has 0 radical (unpaired) electrons. The van der Waals surface area contributed by atoms with Crippen LogP contribution in [0.2, 0.25) is 0 Å². The van der Waals surface area contributed by atoms with Crippen LogP contribution in [0.15, 0.2) is 23.4 Å². The van der Waals surface area contributed by atoms with Gasteiger partial charge in [-0.1, -0.05) is 0 Å². The molecule has 0 spiro atoms. The summed E-state index contributed by atoms with van der Waals surface area (Å²) in [5.41, 5.74) is 3.71. The molecule has 1 heterocycles. The minimum atomic E-state index is -0.507. The van der Waals surface area contributed by atoms with E-state index in [0.29, 0.717) is 48.3 Å². The van der Waals surface area contributed by atoms with Crippen LogP contribution in [-0.4, -0.2) is 47.1 Å². The van der Waals surface area contributed by atoms with E-state index in [4.69, 9.17) is 14.2 Å². The number of amides is 1. The highest BCUT2D eigenvalue weighted by Crippen LogP contribution is 2.39. The Balaban J connectivity index is 2.31. The molecule has 1 aromatic carbocycles. The first-order valence-electron chi connectivity index (χ1n) is 9.64. The third-order valence-corrected chi connectivity index (χ3v) is 4.06. The Bertz CT molecular complexity index is 887. The molecule has 9 nitrogen and oxygen atoms in total. The summed E-state index contributed by atoms with van der Waals surface area (Å²) in [6.07, 6.45) is 2.70. The number of aliphatic hydroxyl groups is 1. The lowest BCUT2D eigenvalue weighted by Gasteiger charge is -2.16. The minimum absolute atomic E-state index is 0.113. The number of aromatic nitrogens is 1. The van der Waals surface area contributed by atoms with E-state index in [2.05, 4.69) is 15.5 Å². The van der Waals surface area contributed by atoms with Crippen molar-refractivity contribution < 1.29 is 29.2 Å². The van der Waals surface area contributed by atoms with Gasteiger partial charge in [0.25, 0.3) is 5.91 Å². The zero-order chi connectivity index (χ0) is 22.1. The van der Waals surface area contributed by atoms with E-state index in [9.17, 15) is 15.0 Å². The number of aliphatic hydroxyl groups excluding tert-OH is 1. The van der Waals surface area contributed by atoms with Crippen molar-refractivity contribution in [2.24, 2.45) is 5.10 Å². The molecule has 30 heavy (non-hydrogen) atoms. The van der Waals surface area contributed by atoms with Crippen LogP contribution in [0.3, 0.4) is 0 Å². The summed E-state index contributed by atoms with van der Waals surface area (Å²) >= 11 is 0. The van der Waals surface area contributed by atoms with Crippen LogP contribution in [0.4, 0.5) is 0 Å². The van der Waals surface area contributed by atoms with Crippen LogP contribution in [0.25, 0.3) is 0 Å². The number of benzene rings is 1. The van der Waals surface area contributed by atoms with Gasteiger partial charge in [-0.25, -0.2) is 5.43 Å². The summed E-state index contributed by atoms with van der Waals surface area (Å²) in [5, 5.41) is 23.5. The van der Waals surface area contributed by atoms with Gasteiger partial charge in [-0.15, -0.1) is 0 Å². The summed E-state index contributed by atoms with van der Waals surface area (Å²) in [4.78, 5) is 16.6. The Morgan fingerprint density at radius 2 is 1.73 bits per heavy atom. The number of hydrogen-bond acceptors (Lipinski definition) is 8. The summed E-state index contributed by atoms with van der Waals surface area (Å²) in [5.74, 6) is 0.602. The number of ether oxygens (including phenoxy) is 3. The van der Waals surface area contributed by atoms with E-state index in [-0.39, 0.29) is 23.5 Å². The zero-order valence-corrected chi connectivity index (χ0v) is 17.6. The fraction of sp³-hybridized carbons (Fsp3) is 0.381. The molecule has 0 aliphatic rings. The van der Waals surface area contributed by atoms with Crippen LogP contribution in [0.1, 0.15) is 48.0 Å². The lowest BCUT2D eigenvalue weighted by molar-refractivity contribution is 0.0954. The van der Waals surface area contributed by atoms with Crippen molar-refractivity contribution in [2.75, 3.05) is 19.8 Å². The molecule has 0 unspecified atom stereocenters. The molecule has 0 atom stereocenters. The maximum absolute atomic E-state index is 12.6. The normalized spacial score (nSPS) is 10.8. The monoisotopic (exact) mass is 417 g/mol. The molecule has 1 amide bonds. The van der Waals surface area contributed by atoms with Crippen LogP contribution < -0.4 is 19.6 Å². The van der Waals surface area contributed by atoms with Crippen molar-refractivity contribution in [3.63, 3.8) is 0 Å². The molecule has 162 valence electrons. The number of aromatic hydroxyl groups is 1. The molecule has 0 saturated heterocycles. The maximum atomic E-state index is 12.6. The number of nitrogens with zero attached hydrogens (tertiary/aromatic N) is 2. The third kappa shape index (κ3) is 5.38. The van der Waals surface area contributed by atoms with Gasteiger partial charge in [0, 0.05) is 22.9 Å². The van der Waals surface area contributed by atoms with Crippen molar-refractivity contribution in [3.8, 4) is 23.0 Å². The molecular formula is C21H27N3O6. The van der Waals surface area contributed by atoms with E-state index >= 15 is 0 Å². The molecule has 2 aromatic rings. The number of nitrogens with one attached hydrogen (secondary N) is 1. The highest BCUT2D eigenvalue weighted by Gasteiger charge is 2.18. The quantitative estimate of drug-likeness (QED) is 0.401. The summed E-state index contributed by atoms with van der Waals surface area (Å²) in [7, 11) is 0. The van der Waals surface area contributed by atoms with Gasteiger partial charge in [0.05, 0.1) is 38.3 Å². The van der Waals surface area contributed by atoms with E-state index in [1.807, 2.05) is 20.8 Å². The molecule has 0 aliphatic carbocycles. The van der Waals surface area contributed by atoms with E-state index in [0.717, 1.165) is 0 Å². The predicted molar refractivity (Wildman–Crippen MR) is 112 cm³/mol. The summed E-state index contributed by atoms with van der Waals surface area (Å²) in [6.45, 7) is 7.99. The van der Waals surface area contributed by atoms with Crippen LogP contribution >= 0.6 is 0 Å². The first-order valence-corrected chi connectivity index (χ1v) is 9.64. The van der Waals surface area contributed by atoms with Gasteiger partial charge in [0.15, 0.2) is 11.5 Å². The topological polar surface area (TPSA) is 123 Å². The number of rotatable bonds is 10. The largest absolute Gasteiger partial charge is 0.505 e. The molecule has 0 bridgehead atoms. The number of aryl methyl sites for hydroxylation is 1. The van der Waals surface area contributed by atoms with Gasteiger partial charge in [0.2, 0.25) is 5.75 Å². The Hall–Kier alpha value is -3.33. The molecule has 0 saturated carbocycles. The summed E-state index contributed by atoms with van der Waals surface area (Å²) in [6, 6.07) is 3.10. The number of hydrazone groups is 1. The van der Waals surface area contributed by atoms with E-state index in [1.54, 1.807) is 19.1 Å². The average Bonchev–Trinajstić information content (AvgIpc) is 2.73. The van der Waals surface area contributed by atoms with Crippen LogP contribution in [0, 0.1) is 6.92 Å². The molecule has 3 N–H and O–H groups in total. The first kappa shape index (κ1) is 23.0. The van der Waals surface area contributed by atoms with Gasteiger partial charge in [0.1, 0.15) is 5.75 Å². The second-order valence-electron chi connectivity index (χ2n) is 6.09. The standard InChI is InChI=1S/C21H27N3O6/c1-5-28-17-8-14(9-18(29-6-2)20(17)30-7-3)21(27)24-23-11-16-15(12-25)10-22-13(4)19(16)26/h8-11,25-26H,5-7,12H2,1-4H3,(H,24,27)/b23-11+. The SMILES string of the molecule is CCOc1cc(C(=O)N/N=C/c2c(CO)cnc(C)c2O)cc(OCC)c1OCC. The summed E-state index contributed by atoms with van der Waals surface area (Å²) < 4.78 is 16.8. The lowest BCUT2D eigenvalue weighted by Crippen LogP contribution is -2.18. The minimum Gasteiger partial charge on any atom is -0.505 e. The van der Waals surface area contributed by atoms with Crippen molar-refractivity contribution in [1.82, 2.24) is 10.4 Å². The second kappa shape index (κ2) is 11.0. The number of pyridine rings is 1. The van der Waals surface area contributed by atoms with Gasteiger partial charge >= 0.3 is 0 Å². The predicted octanol–water partition coefficient (Wildman–Crippen LogP) is 2.55. The van der Waals surface area contributed by atoms with E-state index < -0.39 is 5.91 Å². The molecule has 2 rings (SSSR count). The molecule has 0 fully saturated rings. The van der Waals surface area contributed by atoms with Crippen molar-refractivity contribution in [1.29, 1.82) is 0 Å². The molecule has 9 heteroatoms. The Kier molecular flexibility index (Phi) is 8.42. The Morgan fingerprint density at radius 3 is 2.27 bits per heavy atom. The second-order valence-corrected chi connectivity index (χ2v) is 6.09. The maximum Gasteiger partial charge on any atom is 0.271 e. The highest BCUT2D eigenvalue weighted by atomic mass is 16.5. The molecular weight excluding hydrogens is 390 g/mol. The van der Waals surface area contributed by atoms with Gasteiger partial charge in [-0.2, -0.15) is 5.10 Å². The van der Waals surface area contributed by atoms with Gasteiger partial charge < -0.3 is 24.4 Å². The fourth-order valence-electron chi connectivity index (χ4n) is 2.66. The molecule has 1 aromatic heterocycles. The van der Waals surface area contributed by atoms with Crippen LogP contribution in [-0.2, 0) is 6.61 Å². The van der Waals surface area contributed by atoms with Crippen molar-refractivity contribution in [2.45, 2.75) is 34.3 Å². The van der Waals surface area contributed by atoms with Crippen molar-refractivity contribution in [3.05, 3.63) is 40.7 Å². The fourth-order valence-corrected chi connectivity index (χ4v) is 2.66.